The van der Waals surface area contributed by atoms with Crippen molar-refractivity contribution in [2.75, 3.05) is 0 Å². The minimum atomic E-state index is -0.188. The van der Waals surface area contributed by atoms with Crippen molar-refractivity contribution in [1.82, 2.24) is 0 Å². The molecule has 0 unspecified atom stereocenters. The van der Waals surface area contributed by atoms with E-state index in [0.717, 1.165) is 19.7 Å². The van der Waals surface area contributed by atoms with E-state index in [1.165, 1.54) is 0 Å². The van der Waals surface area contributed by atoms with Crippen LogP contribution in [0.15, 0.2) is 44.3 Å². The summed E-state index contributed by atoms with van der Waals surface area (Å²) >= 11 is 8.83. The normalized spacial score (nSPS) is 13.3. The van der Waals surface area contributed by atoms with Gasteiger partial charge in [0.15, 0.2) is 0 Å². The molecule has 3 rings (SSSR count). The molecule has 0 aliphatic carbocycles. The van der Waals surface area contributed by atoms with Crippen LogP contribution in [0, 0.1) is 3.57 Å². The van der Waals surface area contributed by atoms with E-state index in [1.54, 1.807) is 0 Å². The molecule has 0 bridgehead atoms. The van der Waals surface area contributed by atoms with Gasteiger partial charge in [-0.1, -0.05) is 0 Å². The number of benzene rings is 2. The number of nitrogens with zero attached hydrogens (tertiary/aromatic N) is 1. The van der Waals surface area contributed by atoms with Gasteiger partial charge in [-0.05, 0) is 90.3 Å². The van der Waals surface area contributed by atoms with Gasteiger partial charge in [-0.15, -0.1) is 0 Å². The molecular formula is C15H8Br2INO2. The predicted octanol–water partition coefficient (Wildman–Crippen LogP) is 3.08. The highest BCUT2D eigenvalue weighted by molar-refractivity contribution is 14.1. The second kappa shape index (κ2) is 5.81. The molecule has 0 spiro atoms. The molecule has 0 aromatic heterocycles. The second-order valence-corrected chi connectivity index (χ2v) is 7.60. The lowest BCUT2D eigenvalue weighted by Crippen LogP contribution is -2.23. The molecule has 1 N–H and O–H groups in total. The van der Waals surface area contributed by atoms with Crippen molar-refractivity contribution in [3.8, 4) is 5.75 Å². The smallest absolute Gasteiger partial charge is 0.274 e. The highest BCUT2D eigenvalue weighted by Crippen LogP contribution is 2.34. The average Bonchev–Trinajstić information content (AvgIpc) is 2.72. The zero-order valence-electron chi connectivity index (χ0n) is 10.5. The number of phenols is 1. The van der Waals surface area contributed by atoms with Crippen LogP contribution in [0.1, 0.15) is 5.56 Å². The summed E-state index contributed by atoms with van der Waals surface area (Å²) in [5.74, 6) is -0.0338. The first kappa shape index (κ1) is 15.2. The van der Waals surface area contributed by atoms with Gasteiger partial charge in [0.2, 0.25) is 0 Å². The number of rotatable bonds is 2. The molecule has 0 saturated carbocycles. The Morgan fingerprint density at radius 3 is 2.48 bits per heavy atom. The molecule has 2 aromatic rings. The van der Waals surface area contributed by atoms with Crippen LogP contribution in [0.2, 0.25) is 0 Å². The first-order valence-corrected chi connectivity index (χ1v) is 8.71. The van der Waals surface area contributed by atoms with E-state index in [4.69, 9.17) is 0 Å². The lowest BCUT2D eigenvalue weighted by atomic mass is 10.0. The summed E-state index contributed by atoms with van der Waals surface area (Å²) in [4.78, 5) is 16.2. The van der Waals surface area contributed by atoms with E-state index in [2.05, 4.69) is 59.4 Å². The van der Waals surface area contributed by atoms with Crippen LogP contribution in [0.25, 0.3) is 5.57 Å². The third kappa shape index (κ3) is 2.93. The Balaban J connectivity index is 2.12. The van der Waals surface area contributed by atoms with E-state index in [-0.39, 0.29) is 11.7 Å². The summed E-state index contributed by atoms with van der Waals surface area (Å²) in [6.45, 7) is 0. The van der Waals surface area contributed by atoms with Gasteiger partial charge < -0.3 is 5.11 Å². The lowest BCUT2D eigenvalue weighted by molar-refractivity contribution is -0.112. The number of hydrogen-bond donors (Lipinski definition) is 1. The van der Waals surface area contributed by atoms with Crippen molar-refractivity contribution in [2.45, 2.75) is 6.42 Å². The third-order valence-electron chi connectivity index (χ3n) is 3.22. The van der Waals surface area contributed by atoms with Gasteiger partial charge >= 0.3 is 0 Å². The fraction of sp³-hybridized carbons (Fsp3) is 0.0667. The zero-order valence-corrected chi connectivity index (χ0v) is 15.9. The Morgan fingerprint density at radius 2 is 1.81 bits per heavy atom. The number of phenolic OH excluding ortho intramolecular Hbond substituents is 1. The van der Waals surface area contributed by atoms with Gasteiger partial charge in [0, 0.05) is 20.8 Å². The number of amides is 1. The molecule has 1 aliphatic rings. The summed E-state index contributed by atoms with van der Waals surface area (Å²) in [6.07, 6.45) is 0.479. The van der Waals surface area contributed by atoms with Crippen LogP contribution >= 0.6 is 54.5 Å². The molecule has 2 aromatic carbocycles. The molecule has 0 saturated heterocycles. The van der Waals surface area contributed by atoms with Gasteiger partial charge in [0.1, 0.15) is 5.75 Å². The van der Waals surface area contributed by atoms with Crippen LogP contribution < -0.4 is 10.6 Å². The van der Waals surface area contributed by atoms with E-state index in [9.17, 15) is 9.90 Å². The molecule has 1 amide bonds. The molecular weight excluding hydrogens is 513 g/mol. The summed E-state index contributed by atoms with van der Waals surface area (Å²) in [5.41, 5.74) is 1.62. The molecule has 1 aliphatic heterocycles. The van der Waals surface area contributed by atoms with Gasteiger partial charge in [-0.2, -0.15) is 0 Å². The number of aromatic hydroxyl groups is 1. The fourth-order valence-corrected chi connectivity index (χ4v) is 4.01. The Labute approximate surface area is 151 Å². The minimum Gasteiger partial charge on any atom is -0.506 e. The van der Waals surface area contributed by atoms with Crippen LogP contribution in [-0.4, -0.2) is 11.0 Å². The summed E-state index contributed by atoms with van der Waals surface area (Å²) in [7, 11) is 0. The SMILES string of the molecule is O=C1N=c2ccc(I)cc2=C1Cc1cc(Br)c(O)c(Br)c1. The van der Waals surface area contributed by atoms with Crippen LogP contribution in [0.3, 0.4) is 0 Å². The van der Waals surface area contributed by atoms with Crippen molar-refractivity contribution >= 4 is 65.9 Å². The molecule has 21 heavy (non-hydrogen) atoms. The van der Waals surface area contributed by atoms with E-state index >= 15 is 0 Å². The molecule has 3 nitrogen and oxygen atoms in total. The monoisotopic (exact) mass is 519 g/mol. The van der Waals surface area contributed by atoms with Crippen LogP contribution in [-0.2, 0) is 11.2 Å². The highest BCUT2D eigenvalue weighted by Gasteiger charge is 2.18. The molecule has 6 heteroatoms. The first-order valence-electron chi connectivity index (χ1n) is 6.04. The van der Waals surface area contributed by atoms with Crippen LogP contribution in [0.4, 0.5) is 0 Å². The maximum absolute atomic E-state index is 12.1. The van der Waals surface area contributed by atoms with Crippen molar-refractivity contribution in [3.05, 3.63) is 59.0 Å². The van der Waals surface area contributed by atoms with Gasteiger partial charge in [-0.3, -0.25) is 4.79 Å². The minimum absolute atomic E-state index is 0.154. The maximum Gasteiger partial charge on any atom is 0.274 e. The van der Waals surface area contributed by atoms with Crippen LogP contribution in [0.5, 0.6) is 5.75 Å². The summed E-state index contributed by atoms with van der Waals surface area (Å²) < 4.78 is 2.26. The Morgan fingerprint density at radius 1 is 1.14 bits per heavy atom. The molecule has 0 atom stereocenters. The second-order valence-electron chi connectivity index (χ2n) is 4.64. The van der Waals surface area contributed by atoms with E-state index in [1.807, 2.05) is 30.3 Å². The highest BCUT2D eigenvalue weighted by atomic mass is 127. The van der Waals surface area contributed by atoms with Gasteiger partial charge in [-0.25, -0.2) is 4.99 Å². The van der Waals surface area contributed by atoms with E-state index in [0.29, 0.717) is 20.9 Å². The maximum atomic E-state index is 12.1. The fourth-order valence-electron chi connectivity index (χ4n) is 2.23. The van der Waals surface area contributed by atoms with Gasteiger partial charge in [0.05, 0.1) is 14.3 Å². The standard InChI is InChI=1S/C15H8Br2INO2/c16-11-4-7(5-12(17)14(11)20)3-10-9-6-8(18)1-2-13(9)19-15(10)21/h1-2,4-6,20H,3H2. The predicted molar refractivity (Wildman–Crippen MR) is 95.6 cm³/mol. The average molecular weight is 521 g/mol. The number of hydrogen-bond acceptors (Lipinski definition) is 2. The Bertz CT molecular complexity index is 870. The summed E-state index contributed by atoms with van der Waals surface area (Å²) in [5, 5.41) is 11.4. The molecule has 0 radical (unpaired) electrons. The largest absolute Gasteiger partial charge is 0.506 e. The topological polar surface area (TPSA) is 49.7 Å². The first-order chi connectivity index (χ1) is 9.95. The Kier molecular flexibility index (Phi) is 4.20. The number of halogens is 3. The quantitative estimate of drug-likeness (QED) is 0.619. The van der Waals surface area contributed by atoms with Crippen molar-refractivity contribution in [1.29, 1.82) is 0 Å². The molecule has 1 heterocycles. The number of carbonyl (C=O) groups excluding carboxylic acids is 1. The van der Waals surface area contributed by atoms with E-state index < -0.39 is 0 Å². The number of carbonyl (C=O) groups is 1. The van der Waals surface area contributed by atoms with Crippen molar-refractivity contribution < 1.29 is 9.90 Å². The Hall–Kier alpha value is -0.730. The summed E-state index contributed by atoms with van der Waals surface area (Å²) in [6, 6.07) is 9.40. The van der Waals surface area contributed by atoms with Crippen molar-refractivity contribution in [2.24, 2.45) is 4.99 Å². The van der Waals surface area contributed by atoms with Crippen molar-refractivity contribution in [3.63, 3.8) is 0 Å². The molecule has 106 valence electrons. The lowest BCUT2D eigenvalue weighted by Gasteiger charge is -2.06. The van der Waals surface area contributed by atoms with Gasteiger partial charge in [0.25, 0.3) is 5.91 Å². The number of fused-ring (bicyclic) bond motifs is 1. The molecule has 0 fully saturated rings. The zero-order chi connectivity index (χ0) is 15.1. The third-order valence-corrected chi connectivity index (χ3v) is 5.10.